The van der Waals surface area contributed by atoms with Gasteiger partial charge in [-0.1, -0.05) is 0 Å². The summed E-state index contributed by atoms with van der Waals surface area (Å²) < 4.78 is 2.30. The first kappa shape index (κ1) is 17.8. The molecule has 1 saturated heterocycles. The van der Waals surface area contributed by atoms with E-state index in [1.54, 1.807) is 0 Å². The van der Waals surface area contributed by atoms with Gasteiger partial charge in [0.1, 0.15) is 5.82 Å². The molecular weight excluding hydrogens is 316 g/mol. The second kappa shape index (κ2) is 8.36. The standard InChI is InChI=1S/C18H30N6O/c1-20-18(24-10-4-5-14(12-24)11-16(19)25)21-8-7-15-13-23-9-3-2-6-17(23)22-15/h13-14H,2-12H2,1H3,(H2,19,25)(H,20,21). The number of nitrogens with one attached hydrogen (secondary N) is 1. The van der Waals surface area contributed by atoms with Gasteiger partial charge >= 0.3 is 0 Å². The molecule has 1 aromatic rings. The summed E-state index contributed by atoms with van der Waals surface area (Å²) in [6, 6.07) is 0. The molecule has 2 aliphatic heterocycles. The maximum Gasteiger partial charge on any atom is 0.217 e. The molecule has 0 spiro atoms. The molecule has 3 rings (SSSR count). The van der Waals surface area contributed by atoms with Crippen molar-refractivity contribution in [1.82, 2.24) is 19.8 Å². The smallest absolute Gasteiger partial charge is 0.217 e. The lowest BCUT2D eigenvalue weighted by Crippen LogP contribution is -2.47. The molecule has 7 nitrogen and oxygen atoms in total. The number of piperidine rings is 1. The zero-order valence-corrected chi connectivity index (χ0v) is 15.2. The Hall–Kier alpha value is -2.05. The van der Waals surface area contributed by atoms with Crippen molar-refractivity contribution in [2.45, 2.75) is 51.5 Å². The number of fused-ring (bicyclic) bond motifs is 1. The van der Waals surface area contributed by atoms with Crippen molar-refractivity contribution in [3.63, 3.8) is 0 Å². The number of hydrogen-bond donors (Lipinski definition) is 2. The van der Waals surface area contributed by atoms with Gasteiger partial charge in [-0.15, -0.1) is 0 Å². The summed E-state index contributed by atoms with van der Waals surface area (Å²) >= 11 is 0. The number of guanidine groups is 1. The molecule has 1 atom stereocenters. The van der Waals surface area contributed by atoms with Gasteiger partial charge in [0.2, 0.25) is 5.91 Å². The highest BCUT2D eigenvalue weighted by Gasteiger charge is 2.23. The molecule has 1 fully saturated rings. The summed E-state index contributed by atoms with van der Waals surface area (Å²) in [6.07, 6.45) is 9.32. The van der Waals surface area contributed by atoms with Gasteiger partial charge in [0.25, 0.3) is 0 Å². The van der Waals surface area contributed by atoms with E-state index in [0.717, 1.165) is 63.5 Å². The molecular formula is C18H30N6O. The number of imidazole rings is 1. The van der Waals surface area contributed by atoms with Gasteiger partial charge < -0.3 is 20.5 Å². The Morgan fingerprint density at radius 2 is 2.28 bits per heavy atom. The highest BCUT2D eigenvalue weighted by atomic mass is 16.1. The van der Waals surface area contributed by atoms with Crippen molar-refractivity contribution in [3.8, 4) is 0 Å². The molecule has 1 aromatic heterocycles. The fourth-order valence-corrected chi connectivity index (χ4v) is 3.94. The van der Waals surface area contributed by atoms with Gasteiger partial charge in [0.15, 0.2) is 5.96 Å². The molecule has 3 heterocycles. The van der Waals surface area contributed by atoms with Crippen LogP contribution in [0.3, 0.4) is 0 Å². The summed E-state index contributed by atoms with van der Waals surface area (Å²) in [4.78, 5) is 22.6. The number of aliphatic imine (C=N–C) groups is 1. The van der Waals surface area contributed by atoms with E-state index in [0.29, 0.717) is 12.3 Å². The van der Waals surface area contributed by atoms with Crippen molar-refractivity contribution >= 4 is 11.9 Å². The summed E-state index contributed by atoms with van der Waals surface area (Å²) in [5.74, 6) is 2.28. The molecule has 3 N–H and O–H groups in total. The molecule has 138 valence electrons. The predicted octanol–water partition coefficient (Wildman–Crippen LogP) is 0.925. The first-order valence-corrected chi connectivity index (χ1v) is 9.44. The van der Waals surface area contributed by atoms with Crippen LogP contribution in [-0.4, -0.2) is 53.0 Å². The number of carbonyl (C=O) groups excluding carboxylic acids is 1. The van der Waals surface area contributed by atoms with Crippen LogP contribution in [0, 0.1) is 5.92 Å². The summed E-state index contributed by atoms with van der Waals surface area (Å²) in [5, 5.41) is 3.45. The summed E-state index contributed by atoms with van der Waals surface area (Å²) in [7, 11) is 1.81. The lowest BCUT2D eigenvalue weighted by molar-refractivity contribution is -0.119. The van der Waals surface area contributed by atoms with Crippen LogP contribution in [0.15, 0.2) is 11.2 Å². The molecule has 1 unspecified atom stereocenters. The van der Waals surface area contributed by atoms with Crippen molar-refractivity contribution in [2.24, 2.45) is 16.6 Å². The molecule has 0 aromatic carbocycles. The van der Waals surface area contributed by atoms with Crippen LogP contribution in [-0.2, 0) is 24.2 Å². The monoisotopic (exact) mass is 346 g/mol. The maximum atomic E-state index is 11.2. The van der Waals surface area contributed by atoms with Crippen molar-refractivity contribution in [3.05, 3.63) is 17.7 Å². The number of aryl methyl sites for hydroxylation is 2. The normalized spacial score (nSPS) is 21.1. The number of primary amides is 1. The minimum atomic E-state index is -0.210. The predicted molar refractivity (Wildman–Crippen MR) is 98.3 cm³/mol. The maximum absolute atomic E-state index is 11.2. The molecule has 0 radical (unpaired) electrons. The van der Waals surface area contributed by atoms with Crippen molar-refractivity contribution in [1.29, 1.82) is 0 Å². The zero-order chi connectivity index (χ0) is 17.6. The minimum Gasteiger partial charge on any atom is -0.370 e. The Morgan fingerprint density at radius 1 is 1.40 bits per heavy atom. The first-order valence-electron chi connectivity index (χ1n) is 9.44. The van der Waals surface area contributed by atoms with Crippen LogP contribution >= 0.6 is 0 Å². The highest BCUT2D eigenvalue weighted by molar-refractivity contribution is 5.80. The third-order valence-corrected chi connectivity index (χ3v) is 5.14. The topological polar surface area (TPSA) is 88.5 Å². The fourth-order valence-electron chi connectivity index (χ4n) is 3.94. The number of nitrogens with two attached hydrogens (primary N) is 1. The lowest BCUT2D eigenvalue weighted by atomic mass is 9.95. The van der Waals surface area contributed by atoms with Gasteiger partial charge in [-0.3, -0.25) is 9.79 Å². The number of amides is 1. The Labute approximate surface area is 149 Å². The van der Waals surface area contributed by atoms with Crippen LogP contribution < -0.4 is 11.1 Å². The van der Waals surface area contributed by atoms with Crippen LogP contribution in [0.4, 0.5) is 0 Å². The van der Waals surface area contributed by atoms with Crippen LogP contribution in [0.25, 0.3) is 0 Å². The van der Waals surface area contributed by atoms with Crippen LogP contribution in [0.5, 0.6) is 0 Å². The van der Waals surface area contributed by atoms with Gasteiger partial charge in [-0.05, 0) is 31.6 Å². The quantitative estimate of drug-likeness (QED) is 0.613. The highest BCUT2D eigenvalue weighted by Crippen LogP contribution is 2.19. The van der Waals surface area contributed by atoms with Crippen molar-refractivity contribution in [2.75, 3.05) is 26.7 Å². The number of aromatic nitrogens is 2. The van der Waals surface area contributed by atoms with Crippen LogP contribution in [0.1, 0.15) is 43.6 Å². The Morgan fingerprint density at radius 3 is 3.04 bits per heavy atom. The van der Waals surface area contributed by atoms with Gasteiger partial charge in [0, 0.05) is 58.7 Å². The Bertz CT molecular complexity index is 600. The van der Waals surface area contributed by atoms with Gasteiger partial charge in [0.05, 0.1) is 5.69 Å². The minimum absolute atomic E-state index is 0.210. The van der Waals surface area contributed by atoms with Gasteiger partial charge in [-0.2, -0.15) is 0 Å². The van der Waals surface area contributed by atoms with E-state index in [9.17, 15) is 4.79 Å². The molecule has 2 aliphatic rings. The van der Waals surface area contributed by atoms with Crippen LogP contribution in [0.2, 0.25) is 0 Å². The molecule has 25 heavy (non-hydrogen) atoms. The van der Waals surface area contributed by atoms with E-state index in [1.165, 1.54) is 18.7 Å². The average molecular weight is 346 g/mol. The van der Waals surface area contributed by atoms with Gasteiger partial charge in [-0.25, -0.2) is 4.98 Å². The first-order chi connectivity index (χ1) is 12.2. The Kier molecular flexibility index (Phi) is 5.94. The second-order valence-electron chi connectivity index (χ2n) is 7.15. The molecule has 0 bridgehead atoms. The zero-order valence-electron chi connectivity index (χ0n) is 15.2. The number of carbonyl (C=O) groups is 1. The van der Waals surface area contributed by atoms with E-state index in [1.807, 2.05) is 7.05 Å². The van der Waals surface area contributed by atoms with E-state index in [4.69, 9.17) is 10.7 Å². The third-order valence-electron chi connectivity index (χ3n) is 5.14. The third kappa shape index (κ3) is 4.74. The molecule has 0 saturated carbocycles. The fraction of sp³-hybridized carbons (Fsp3) is 0.722. The van der Waals surface area contributed by atoms with E-state index < -0.39 is 0 Å². The Balaban J connectivity index is 1.49. The number of nitrogens with zero attached hydrogens (tertiary/aromatic N) is 4. The largest absolute Gasteiger partial charge is 0.370 e. The molecule has 0 aliphatic carbocycles. The summed E-state index contributed by atoms with van der Waals surface area (Å²) in [5.41, 5.74) is 6.51. The van der Waals surface area contributed by atoms with E-state index in [2.05, 4.69) is 26.0 Å². The van der Waals surface area contributed by atoms with E-state index >= 15 is 0 Å². The second-order valence-corrected chi connectivity index (χ2v) is 7.15. The molecule has 7 heteroatoms. The number of likely N-dealkylation sites (tertiary alicyclic amines) is 1. The van der Waals surface area contributed by atoms with E-state index in [-0.39, 0.29) is 5.91 Å². The lowest BCUT2D eigenvalue weighted by Gasteiger charge is -2.34. The number of hydrogen-bond acceptors (Lipinski definition) is 3. The molecule has 1 amide bonds. The summed E-state index contributed by atoms with van der Waals surface area (Å²) in [6.45, 7) is 3.75. The van der Waals surface area contributed by atoms with Crippen molar-refractivity contribution < 1.29 is 4.79 Å². The number of rotatable bonds is 5. The SMILES string of the molecule is CN=C(NCCc1cn2c(n1)CCCC2)N1CCCC(CC(N)=O)C1. The average Bonchev–Trinajstić information content (AvgIpc) is 3.01.